The predicted octanol–water partition coefficient (Wildman–Crippen LogP) is 4.79. The topological polar surface area (TPSA) is 61.8 Å². The molecule has 0 unspecified atom stereocenters. The maximum atomic E-state index is 10.8. The summed E-state index contributed by atoms with van der Waals surface area (Å²) in [6, 6.07) is 21.1. The van der Waals surface area contributed by atoms with Crippen LogP contribution in [0.1, 0.15) is 33.1 Å². The van der Waals surface area contributed by atoms with Crippen molar-refractivity contribution in [2.75, 3.05) is 0 Å². The van der Waals surface area contributed by atoms with Gasteiger partial charge in [0.15, 0.2) is 0 Å². The van der Waals surface area contributed by atoms with Crippen LogP contribution in [0.25, 0.3) is 27.8 Å². The molecule has 0 spiro atoms. The van der Waals surface area contributed by atoms with Gasteiger partial charge >= 0.3 is 0 Å². The molecule has 0 saturated carbocycles. The van der Waals surface area contributed by atoms with E-state index in [1.807, 2.05) is 36.4 Å². The van der Waals surface area contributed by atoms with E-state index in [2.05, 4.69) is 11.1 Å². The summed E-state index contributed by atoms with van der Waals surface area (Å²) in [6.45, 7) is -6.34. The molecule has 3 aromatic carbocycles. The van der Waals surface area contributed by atoms with Gasteiger partial charge in [-0.3, -0.25) is 4.57 Å². The Hall–Kier alpha value is -3.42. The van der Waals surface area contributed by atoms with Crippen LogP contribution in [0.3, 0.4) is 0 Å². The summed E-state index contributed by atoms with van der Waals surface area (Å²) >= 11 is 0. The first-order chi connectivity index (χ1) is 15.5. The van der Waals surface area contributed by atoms with Gasteiger partial charge in [-0.25, -0.2) is 4.98 Å². The van der Waals surface area contributed by atoms with Gasteiger partial charge in [-0.05, 0) is 60.7 Å². The van der Waals surface area contributed by atoms with Crippen molar-refractivity contribution in [2.24, 2.45) is 0 Å². The zero-order chi connectivity index (χ0) is 24.0. The first-order valence-electron chi connectivity index (χ1n) is 11.3. The van der Waals surface area contributed by atoms with Crippen molar-refractivity contribution in [3.8, 4) is 22.9 Å². The highest BCUT2D eigenvalue weighted by atomic mass is 16.3. The van der Waals surface area contributed by atoms with Crippen LogP contribution < -0.4 is 0 Å². The fraction of sp³-hybridized carbons (Fsp3) is 0.130. The summed E-state index contributed by atoms with van der Waals surface area (Å²) in [7, 11) is 0. The zero-order valence-electron chi connectivity index (χ0n) is 20.2. The molecule has 27 heavy (non-hydrogen) atoms. The van der Waals surface area contributed by atoms with Gasteiger partial charge in [0.2, 0.25) is 0 Å². The average molecular weight is 359 g/mol. The van der Waals surface area contributed by atoms with Gasteiger partial charge < -0.3 is 5.11 Å². The molecular weight excluding hydrogens is 334 g/mol. The third-order valence-corrected chi connectivity index (χ3v) is 4.45. The number of aromatic nitrogens is 2. The smallest absolute Gasteiger partial charge is 0.100 e. The number of rotatable bonds is 3. The molecule has 0 fully saturated rings. The molecule has 132 valence electrons. The summed E-state index contributed by atoms with van der Waals surface area (Å²) in [6.07, 6.45) is 1.54. The van der Waals surface area contributed by atoms with Crippen LogP contribution in [-0.4, -0.2) is 14.7 Å². The van der Waals surface area contributed by atoms with E-state index < -0.39 is 19.3 Å². The molecule has 0 saturated heterocycles. The molecule has 1 N–H and O–H groups in total. The molecule has 4 rings (SSSR count). The molecule has 0 bridgehead atoms. The number of hydrogen-bond donors (Lipinski definition) is 1. The fourth-order valence-electron chi connectivity index (χ4n) is 3.10. The van der Waals surface area contributed by atoms with Crippen LogP contribution in [0.2, 0.25) is 0 Å². The fourth-order valence-corrected chi connectivity index (χ4v) is 3.10. The molecule has 0 aliphatic heterocycles. The molecule has 4 aromatic rings. The second kappa shape index (κ2) is 6.39. The Balaban J connectivity index is 1.82. The van der Waals surface area contributed by atoms with Gasteiger partial charge in [0.1, 0.15) is 6.33 Å². The minimum atomic E-state index is -3.17. The lowest BCUT2D eigenvalue weighted by atomic mass is 9.98. The Morgan fingerprint density at radius 2 is 1.93 bits per heavy atom. The van der Waals surface area contributed by atoms with Crippen molar-refractivity contribution < 1.29 is 13.3 Å². The number of aliphatic hydroxyl groups is 1. The van der Waals surface area contributed by atoms with E-state index in [1.165, 1.54) is 24.5 Å². The van der Waals surface area contributed by atoms with Crippen molar-refractivity contribution in [1.82, 2.24) is 9.55 Å². The highest BCUT2D eigenvalue weighted by Gasteiger charge is 2.17. The van der Waals surface area contributed by atoms with E-state index in [4.69, 9.17) is 8.22 Å². The van der Waals surface area contributed by atoms with E-state index in [0.717, 1.165) is 16.8 Å². The first-order valence-corrected chi connectivity index (χ1v) is 8.27. The Morgan fingerprint density at radius 1 is 1.07 bits per heavy atom. The predicted molar refractivity (Wildman–Crippen MR) is 106 cm³/mol. The quantitative estimate of drug-likeness (QED) is 0.572. The molecule has 0 amide bonds. The Morgan fingerprint density at radius 3 is 2.74 bits per heavy atom. The van der Waals surface area contributed by atoms with Gasteiger partial charge in [0.05, 0.1) is 28.3 Å². The average Bonchev–Trinajstić information content (AvgIpc) is 3.20. The van der Waals surface area contributed by atoms with Crippen LogP contribution in [0.5, 0.6) is 0 Å². The lowest BCUT2D eigenvalue weighted by Crippen LogP contribution is -2.15. The Labute approximate surface area is 166 Å². The van der Waals surface area contributed by atoms with Crippen LogP contribution in [0, 0.1) is 11.3 Å². The minimum absolute atomic E-state index is 0.253. The lowest BCUT2D eigenvalue weighted by Gasteiger charge is -2.17. The largest absolute Gasteiger partial charge is 0.386 e. The van der Waals surface area contributed by atoms with Crippen LogP contribution >= 0.6 is 0 Å². The standard InChI is InChI=1S/C23H19N3O/c1-23(2,27)18-10-11-22-21(13-18)25-15-26(22)19-8-5-7-16(12-19)20-9-4-3-6-17(20)14-24/h3-13,15,27H,1-2H3/i1D3,2D3. The molecule has 0 radical (unpaired) electrons. The minimum Gasteiger partial charge on any atom is -0.386 e. The first kappa shape index (κ1) is 11.3. The second-order valence-electron chi connectivity index (χ2n) is 6.24. The van der Waals surface area contributed by atoms with Crippen LogP contribution in [0.4, 0.5) is 0 Å². The van der Waals surface area contributed by atoms with Crippen molar-refractivity contribution in [2.45, 2.75) is 19.3 Å². The molecule has 0 aliphatic rings. The van der Waals surface area contributed by atoms with Crippen LogP contribution in [-0.2, 0) is 5.60 Å². The van der Waals surface area contributed by atoms with E-state index in [1.54, 1.807) is 16.7 Å². The van der Waals surface area contributed by atoms with E-state index in [9.17, 15) is 10.4 Å². The summed E-state index contributed by atoms with van der Waals surface area (Å²) in [5.41, 5.74) is 0.568. The highest BCUT2D eigenvalue weighted by molar-refractivity contribution is 5.79. The lowest BCUT2D eigenvalue weighted by molar-refractivity contribution is 0.0787. The molecule has 4 nitrogen and oxygen atoms in total. The van der Waals surface area contributed by atoms with Crippen molar-refractivity contribution in [3.05, 3.63) is 84.2 Å². The van der Waals surface area contributed by atoms with E-state index in [0.29, 0.717) is 16.6 Å². The van der Waals surface area contributed by atoms with Gasteiger partial charge in [-0.15, -0.1) is 0 Å². The van der Waals surface area contributed by atoms with E-state index >= 15 is 0 Å². The number of imidazole rings is 1. The molecule has 0 aliphatic carbocycles. The normalized spacial score (nSPS) is 15.7. The van der Waals surface area contributed by atoms with Crippen LogP contribution in [0.15, 0.2) is 73.1 Å². The van der Waals surface area contributed by atoms with Gasteiger partial charge in [0, 0.05) is 13.9 Å². The van der Waals surface area contributed by atoms with Crippen molar-refractivity contribution >= 4 is 11.0 Å². The summed E-state index contributed by atoms with van der Waals surface area (Å²) in [5, 5.41) is 20.2. The van der Waals surface area contributed by atoms with Gasteiger partial charge in [-0.1, -0.05) is 36.4 Å². The molecule has 1 heterocycles. The van der Waals surface area contributed by atoms with Crippen molar-refractivity contribution in [3.63, 3.8) is 0 Å². The summed E-state index contributed by atoms with van der Waals surface area (Å²) < 4.78 is 47.6. The Bertz CT molecular complexity index is 1370. The zero-order valence-corrected chi connectivity index (χ0v) is 14.2. The monoisotopic (exact) mass is 359 g/mol. The summed E-state index contributed by atoms with van der Waals surface area (Å²) in [4.78, 5) is 4.30. The molecule has 4 heteroatoms. The van der Waals surface area contributed by atoms with Crippen molar-refractivity contribution in [1.29, 1.82) is 5.26 Å². The number of fused-ring (bicyclic) bond motifs is 1. The van der Waals surface area contributed by atoms with Gasteiger partial charge in [-0.2, -0.15) is 5.26 Å². The van der Waals surface area contributed by atoms with Gasteiger partial charge in [0.25, 0.3) is 0 Å². The number of benzene rings is 3. The summed E-state index contributed by atoms with van der Waals surface area (Å²) in [5.74, 6) is 0. The number of nitriles is 1. The number of nitrogens with zero attached hydrogens (tertiary/aromatic N) is 3. The number of hydrogen-bond acceptors (Lipinski definition) is 3. The second-order valence-corrected chi connectivity index (χ2v) is 6.24. The highest BCUT2D eigenvalue weighted by Crippen LogP contribution is 2.28. The third kappa shape index (κ3) is 3.10. The maximum absolute atomic E-state index is 10.8. The van der Waals surface area contributed by atoms with E-state index in [-0.39, 0.29) is 5.56 Å². The molecule has 1 aromatic heterocycles. The molecular formula is C23H19N3O. The Kier molecular flexibility index (Phi) is 2.68. The maximum Gasteiger partial charge on any atom is 0.100 e. The third-order valence-electron chi connectivity index (χ3n) is 4.45. The molecule has 0 atom stereocenters. The SMILES string of the molecule is [2H]C([2H])([2H])C(O)(c1ccc2c(c1)ncn2-c1cccc(-c2ccccc2C#N)c1)C([2H])([2H])[2H].